The lowest BCUT2D eigenvalue weighted by atomic mass is 10.1. The molecular formula is C12H8F3N3O2. The van der Waals surface area contributed by atoms with E-state index in [1.807, 2.05) is 0 Å². The zero-order valence-electron chi connectivity index (χ0n) is 9.89. The molecule has 0 radical (unpaired) electrons. The monoisotopic (exact) mass is 283 g/mol. The minimum Gasteiger partial charge on any atom is -0.297 e. The Balaban J connectivity index is 2.00. The van der Waals surface area contributed by atoms with E-state index in [-0.39, 0.29) is 5.69 Å². The second kappa shape index (κ2) is 4.06. The van der Waals surface area contributed by atoms with Crippen LogP contribution in [-0.2, 0) is 15.8 Å². The lowest BCUT2D eigenvalue weighted by Gasteiger charge is -2.16. The second-order valence-corrected chi connectivity index (χ2v) is 4.47. The molecular weight excluding hydrogens is 275 g/mol. The van der Waals surface area contributed by atoms with Crippen molar-refractivity contribution in [2.24, 2.45) is 11.0 Å². The zero-order valence-corrected chi connectivity index (χ0v) is 9.89. The maximum atomic E-state index is 12.7. The zero-order chi connectivity index (χ0) is 14.5. The number of carbonyl (C=O) groups is 2. The molecule has 0 bridgehead atoms. The van der Waals surface area contributed by atoms with E-state index in [2.05, 4.69) is 10.5 Å². The van der Waals surface area contributed by atoms with E-state index in [0.717, 1.165) is 23.1 Å². The first-order chi connectivity index (χ1) is 9.39. The number of hydrazone groups is 1. The number of anilines is 1. The van der Waals surface area contributed by atoms with Gasteiger partial charge in [-0.1, -0.05) is 6.07 Å². The van der Waals surface area contributed by atoms with Crippen molar-refractivity contribution in [1.29, 1.82) is 0 Å². The third-order valence-corrected chi connectivity index (χ3v) is 3.23. The molecule has 3 rings (SSSR count). The number of carbonyl (C=O) groups excluding carboxylic acids is 2. The van der Waals surface area contributed by atoms with Crippen LogP contribution in [0, 0.1) is 5.92 Å². The summed E-state index contributed by atoms with van der Waals surface area (Å²) < 4.78 is 38.0. The Hall–Kier alpha value is -2.38. The minimum atomic E-state index is -4.53. The van der Waals surface area contributed by atoms with Crippen LogP contribution >= 0.6 is 0 Å². The molecule has 104 valence electrons. The number of rotatable bonds is 1. The van der Waals surface area contributed by atoms with Crippen molar-refractivity contribution in [3.8, 4) is 0 Å². The van der Waals surface area contributed by atoms with Crippen LogP contribution < -0.4 is 10.3 Å². The van der Waals surface area contributed by atoms with Gasteiger partial charge in [0.1, 0.15) is 12.0 Å². The van der Waals surface area contributed by atoms with Crippen LogP contribution in [0.25, 0.3) is 0 Å². The first-order valence-corrected chi connectivity index (χ1v) is 5.73. The van der Waals surface area contributed by atoms with Crippen LogP contribution in [0.2, 0.25) is 0 Å². The van der Waals surface area contributed by atoms with Crippen molar-refractivity contribution < 1.29 is 22.8 Å². The predicted molar refractivity (Wildman–Crippen MR) is 62.8 cm³/mol. The molecule has 5 nitrogen and oxygen atoms in total. The Morgan fingerprint density at radius 1 is 1.20 bits per heavy atom. The highest BCUT2D eigenvalue weighted by molar-refractivity contribution is 6.28. The minimum absolute atomic E-state index is 0.0839. The van der Waals surface area contributed by atoms with E-state index in [1.54, 1.807) is 0 Å². The van der Waals surface area contributed by atoms with Gasteiger partial charge in [-0.15, -0.1) is 0 Å². The largest absolute Gasteiger partial charge is 0.416 e. The molecule has 1 N–H and O–H groups in total. The summed E-state index contributed by atoms with van der Waals surface area (Å²) in [7, 11) is 0. The quantitative estimate of drug-likeness (QED) is 0.786. The van der Waals surface area contributed by atoms with E-state index in [4.69, 9.17) is 0 Å². The molecule has 2 aliphatic rings. The molecule has 20 heavy (non-hydrogen) atoms. The molecule has 2 heterocycles. The van der Waals surface area contributed by atoms with Crippen molar-refractivity contribution >= 4 is 23.7 Å². The molecule has 8 heteroatoms. The fraction of sp³-hybridized carbons (Fsp3) is 0.250. The third-order valence-electron chi connectivity index (χ3n) is 3.23. The molecule has 2 aliphatic heterocycles. The summed E-state index contributed by atoms with van der Waals surface area (Å²) >= 11 is 0. The van der Waals surface area contributed by atoms with Crippen molar-refractivity contribution in [2.45, 2.75) is 12.2 Å². The van der Waals surface area contributed by atoms with E-state index >= 15 is 0 Å². The van der Waals surface area contributed by atoms with Gasteiger partial charge in [-0.05, 0) is 18.2 Å². The van der Waals surface area contributed by atoms with Gasteiger partial charge >= 0.3 is 6.18 Å². The Morgan fingerprint density at radius 2 is 1.95 bits per heavy atom. The van der Waals surface area contributed by atoms with Gasteiger partial charge in [-0.25, -0.2) is 4.90 Å². The van der Waals surface area contributed by atoms with Crippen LogP contribution in [0.4, 0.5) is 18.9 Å². The normalized spacial score (nSPS) is 25.1. The van der Waals surface area contributed by atoms with E-state index in [0.29, 0.717) is 0 Å². The number of hydrogen-bond donors (Lipinski definition) is 1. The Labute approximate surface area is 111 Å². The molecule has 0 aliphatic carbocycles. The molecule has 0 saturated carbocycles. The highest BCUT2D eigenvalue weighted by atomic mass is 19.4. The predicted octanol–water partition coefficient (Wildman–Crippen LogP) is 1.15. The molecule has 1 aromatic carbocycles. The highest BCUT2D eigenvalue weighted by Gasteiger charge is 2.50. The summed E-state index contributed by atoms with van der Waals surface area (Å²) in [5.41, 5.74) is 1.49. The maximum Gasteiger partial charge on any atom is 0.416 e. The van der Waals surface area contributed by atoms with E-state index in [9.17, 15) is 22.8 Å². The molecule has 1 saturated heterocycles. The molecule has 0 unspecified atom stereocenters. The second-order valence-electron chi connectivity index (χ2n) is 4.47. The van der Waals surface area contributed by atoms with E-state index in [1.165, 1.54) is 12.3 Å². The topological polar surface area (TPSA) is 61.8 Å². The van der Waals surface area contributed by atoms with Gasteiger partial charge in [0.15, 0.2) is 0 Å². The maximum absolute atomic E-state index is 12.7. The average molecular weight is 283 g/mol. The number of amides is 2. The van der Waals surface area contributed by atoms with Gasteiger partial charge in [0.25, 0.3) is 5.91 Å². The summed E-state index contributed by atoms with van der Waals surface area (Å²) in [6.07, 6.45) is -3.24. The number of nitrogens with zero attached hydrogens (tertiary/aromatic N) is 2. The first-order valence-electron chi connectivity index (χ1n) is 5.73. The van der Waals surface area contributed by atoms with Crippen molar-refractivity contribution in [3.05, 3.63) is 29.8 Å². The third kappa shape index (κ3) is 1.75. The van der Waals surface area contributed by atoms with Crippen LogP contribution in [-0.4, -0.2) is 24.1 Å². The van der Waals surface area contributed by atoms with E-state index < -0.39 is 35.5 Å². The Morgan fingerprint density at radius 3 is 2.60 bits per heavy atom. The molecule has 2 amide bonds. The van der Waals surface area contributed by atoms with Gasteiger partial charge in [0.2, 0.25) is 5.91 Å². The summed E-state index contributed by atoms with van der Waals surface area (Å²) in [6, 6.07) is 3.30. The molecule has 0 spiro atoms. The number of halogens is 3. The number of imide groups is 1. The number of nitrogens with one attached hydrogen (secondary N) is 1. The molecule has 0 aromatic heterocycles. The number of benzene rings is 1. The standard InChI is InChI=1S/C12H8F3N3O2/c13-12(14,15)6-2-1-3-7(4-6)18-10(19)8-5-16-17-9(8)11(18)20/h1-5,8-9,17H/t8-,9+/m1/s1. The summed E-state index contributed by atoms with van der Waals surface area (Å²) in [6.45, 7) is 0. The van der Waals surface area contributed by atoms with Gasteiger partial charge in [-0.3, -0.25) is 15.0 Å². The van der Waals surface area contributed by atoms with Gasteiger partial charge < -0.3 is 0 Å². The van der Waals surface area contributed by atoms with Gasteiger partial charge in [0, 0.05) is 6.21 Å². The van der Waals surface area contributed by atoms with Crippen molar-refractivity contribution in [3.63, 3.8) is 0 Å². The Kier molecular flexibility index (Phi) is 2.56. The lowest BCUT2D eigenvalue weighted by molar-refractivity contribution is -0.137. The first kappa shape index (κ1) is 12.6. The van der Waals surface area contributed by atoms with Gasteiger partial charge in [-0.2, -0.15) is 18.3 Å². The number of hydrogen-bond acceptors (Lipinski definition) is 4. The fourth-order valence-corrected chi connectivity index (χ4v) is 2.26. The smallest absolute Gasteiger partial charge is 0.297 e. The average Bonchev–Trinajstić information content (AvgIpc) is 2.94. The summed E-state index contributed by atoms with van der Waals surface area (Å²) in [5, 5.41) is 3.63. The number of fused-ring (bicyclic) bond motifs is 1. The Bertz CT molecular complexity index is 627. The number of alkyl halides is 3. The SMILES string of the molecule is O=C1[C@H]2NN=C[C@H]2C(=O)N1c1cccc(C(F)(F)F)c1. The highest BCUT2D eigenvalue weighted by Crippen LogP contribution is 2.34. The lowest BCUT2D eigenvalue weighted by Crippen LogP contribution is -2.36. The fourth-order valence-electron chi connectivity index (χ4n) is 2.26. The van der Waals surface area contributed by atoms with Crippen LogP contribution in [0.15, 0.2) is 29.4 Å². The molecule has 2 atom stereocenters. The van der Waals surface area contributed by atoms with Crippen molar-refractivity contribution in [1.82, 2.24) is 5.43 Å². The van der Waals surface area contributed by atoms with Crippen LogP contribution in [0.1, 0.15) is 5.56 Å². The van der Waals surface area contributed by atoms with Crippen molar-refractivity contribution in [2.75, 3.05) is 4.90 Å². The summed E-state index contributed by atoms with van der Waals surface area (Å²) in [4.78, 5) is 24.9. The van der Waals surface area contributed by atoms with Gasteiger partial charge in [0.05, 0.1) is 11.3 Å². The summed E-state index contributed by atoms with van der Waals surface area (Å²) in [5.74, 6) is -1.93. The van der Waals surface area contributed by atoms with Crippen LogP contribution in [0.3, 0.4) is 0 Å². The molecule has 1 aromatic rings. The van der Waals surface area contributed by atoms with Crippen LogP contribution in [0.5, 0.6) is 0 Å². The molecule has 1 fully saturated rings.